The van der Waals surface area contributed by atoms with Gasteiger partial charge in [0, 0.05) is 7.11 Å². The van der Waals surface area contributed by atoms with Crippen molar-refractivity contribution in [1.29, 1.82) is 0 Å². The van der Waals surface area contributed by atoms with Gasteiger partial charge in [0.2, 0.25) is 0 Å². The Hall–Kier alpha value is -0.360. The molecule has 0 heterocycles. The Morgan fingerprint density at radius 1 is 0.615 bits per heavy atom. The fourth-order valence-electron chi connectivity index (χ4n) is 1.31. The number of ether oxygens (including phenoxy) is 6. The minimum Gasteiger partial charge on any atom is -0.394 e. The lowest BCUT2D eigenvalue weighted by molar-refractivity contribution is -0.0313. The van der Waals surface area contributed by atoms with E-state index in [-0.39, 0.29) is 32.0 Å². The van der Waals surface area contributed by atoms with Gasteiger partial charge in [-0.1, -0.05) is 0 Å². The highest BCUT2D eigenvalue weighted by Gasteiger charge is 2.03. The van der Waals surface area contributed by atoms with Crippen molar-refractivity contribution in [2.45, 2.75) is 26.1 Å². The summed E-state index contributed by atoms with van der Waals surface area (Å²) in [4.78, 5) is 0. The van der Waals surface area contributed by atoms with E-state index in [1.807, 2.05) is 13.8 Å². The number of hydrogen-bond acceptors (Lipinski definition) is 9. The largest absolute Gasteiger partial charge is 0.394 e. The maximum Gasteiger partial charge on any atom is 0.0779 e. The number of methoxy groups -OCH3 is 1. The normalized spacial score (nSPS) is 13.2. The summed E-state index contributed by atoms with van der Waals surface area (Å²) < 4.78 is 30.5. The Bertz CT molecular complexity index is 220. The number of rotatable bonds is 18. The Morgan fingerprint density at radius 3 is 1.31 bits per heavy atom. The fourth-order valence-corrected chi connectivity index (χ4v) is 1.31. The summed E-state index contributed by atoms with van der Waals surface area (Å²) in [6.45, 7) is 8.14. The van der Waals surface area contributed by atoms with E-state index in [4.69, 9.17) is 43.7 Å². The molecule has 0 aromatic carbocycles. The molecule has 160 valence electrons. The molecule has 0 saturated carbocycles. The summed E-state index contributed by atoms with van der Waals surface area (Å²) in [6, 6.07) is 0. The maximum absolute atomic E-state index is 8.55. The van der Waals surface area contributed by atoms with Crippen molar-refractivity contribution < 1.29 is 43.7 Å². The van der Waals surface area contributed by atoms with Gasteiger partial charge in [-0.15, -0.1) is 0 Å². The summed E-state index contributed by atoms with van der Waals surface area (Å²) in [5.74, 6) is 0. The highest BCUT2D eigenvalue weighted by Crippen LogP contribution is 1.93. The van der Waals surface area contributed by atoms with Gasteiger partial charge in [-0.2, -0.15) is 0 Å². The first-order valence-corrected chi connectivity index (χ1v) is 8.90. The molecule has 0 fully saturated rings. The average Bonchev–Trinajstić information content (AvgIpc) is 2.67. The van der Waals surface area contributed by atoms with E-state index in [9.17, 15) is 0 Å². The zero-order valence-corrected chi connectivity index (χ0v) is 16.4. The zero-order valence-electron chi connectivity index (χ0n) is 16.4. The van der Waals surface area contributed by atoms with Crippen LogP contribution in [0.1, 0.15) is 13.8 Å². The lowest BCUT2D eigenvalue weighted by atomic mass is 10.4. The van der Waals surface area contributed by atoms with Gasteiger partial charge in [0.1, 0.15) is 0 Å². The smallest absolute Gasteiger partial charge is 0.0779 e. The van der Waals surface area contributed by atoms with Gasteiger partial charge >= 0.3 is 0 Å². The molecular weight excluding hydrogens is 348 g/mol. The Balaban J connectivity index is 0. The second-order valence-corrected chi connectivity index (χ2v) is 5.27. The van der Waals surface area contributed by atoms with Crippen molar-refractivity contribution in [3.05, 3.63) is 0 Å². The van der Waals surface area contributed by atoms with Crippen LogP contribution in [0.25, 0.3) is 0 Å². The van der Waals surface area contributed by atoms with Crippen molar-refractivity contribution in [2.75, 3.05) is 86.4 Å². The first-order valence-electron chi connectivity index (χ1n) is 8.90. The molecule has 0 aliphatic heterocycles. The van der Waals surface area contributed by atoms with Crippen LogP contribution in [0.3, 0.4) is 0 Å². The third-order valence-electron chi connectivity index (χ3n) is 2.86. The number of aliphatic hydroxyl groups is 3. The predicted octanol–water partition coefficient (Wildman–Crippen LogP) is -0.544. The van der Waals surface area contributed by atoms with E-state index in [2.05, 4.69) is 0 Å². The molecule has 9 heteroatoms. The minimum absolute atomic E-state index is 0.0386. The van der Waals surface area contributed by atoms with Crippen LogP contribution < -0.4 is 0 Å². The molecule has 0 aliphatic carbocycles. The molecule has 0 spiro atoms. The molecule has 0 bridgehead atoms. The van der Waals surface area contributed by atoms with E-state index in [1.165, 1.54) is 0 Å². The topological polar surface area (TPSA) is 116 Å². The second kappa shape index (κ2) is 24.6. The maximum atomic E-state index is 8.55. The molecule has 0 rings (SSSR count). The summed E-state index contributed by atoms with van der Waals surface area (Å²) >= 11 is 0. The Morgan fingerprint density at radius 2 is 1.00 bits per heavy atom. The van der Waals surface area contributed by atoms with Gasteiger partial charge in [-0.25, -0.2) is 0 Å². The molecule has 3 N–H and O–H groups in total. The van der Waals surface area contributed by atoms with E-state index >= 15 is 0 Å². The van der Waals surface area contributed by atoms with Crippen LogP contribution in [-0.2, 0) is 28.4 Å². The van der Waals surface area contributed by atoms with E-state index in [0.29, 0.717) is 59.5 Å². The van der Waals surface area contributed by atoms with Crippen LogP contribution in [0.4, 0.5) is 0 Å². The molecule has 0 saturated heterocycles. The van der Waals surface area contributed by atoms with Gasteiger partial charge in [0.05, 0.1) is 91.5 Å². The standard InChI is InChI=1S/C10H22O6.C7H16O3/c11-1-3-13-5-7-15-9-10-16-8-6-14-4-2-12;1-6(4-8)10-5-7(2)9-3/h11-12H,1-10H2;6-8H,4-5H2,1-3H3. The van der Waals surface area contributed by atoms with Gasteiger partial charge in [0.15, 0.2) is 0 Å². The third-order valence-corrected chi connectivity index (χ3v) is 2.86. The molecule has 9 nitrogen and oxygen atoms in total. The van der Waals surface area contributed by atoms with Gasteiger partial charge < -0.3 is 43.7 Å². The fraction of sp³-hybridized carbons (Fsp3) is 1.00. The summed E-state index contributed by atoms with van der Waals surface area (Å²) in [5.41, 5.74) is 0. The van der Waals surface area contributed by atoms with Crippen molar-refractivity contribution in [3.63, 3.8) is 0 Å². The predicted molar refractivity (Wildman–Crippen MR) is 96.4 cm³/mol. The van der Waals surface area contributed by atoms with Crippen LogP contribution >= 0.6 is 0 Å². The van der Waals surface area contributed by atoms with Crippen molar-refractivity contribution in [1.82, 2.24) is 0 Å². The molecule has 2 atom stereocenters. The van der Waals surface area contributed by atoms with Crippen molar-refractivity contribution in [3.8, 4) is 0 Å². The Labute approximate surface area is 157 Å². The molecule has 2 unspecified atom stereocenters. The van der Waals surface area contributed by atoms with Crippen LogP contribution in [0.5, 0.6) is 0 Å². The molecule has 0 radical (unpaired) electrons. The molecule has 0 amide bonds. The van der Waals surface area contributed by atoms with Crippen molar-refractivity contribution in [2.24, 2.45) is 0 Å². The van der Waals surface area contributed by atoms with Gasteiger partial charge in [-0.3, -0.25) is 0 Å². The third kappa shape index (κ3) is 25.9. The lowest BCUT2D eigenvalue weighted by Crippen LogP contribution is -2.21. The molecular formula is C17H38O9. The summed E-state index contributed by atoms with van der Waals surface area (Å²) in [7, 11) is 1.64. The van der Waals surface area contributed by atoms with Crippen LogP contribution in [0.15, 0.2) is 0 Å². The monoisotopic (exact) mass is 386 g/mol. The summed E-state index contributed by atoms with van der Waals surface area (Å²) in [5, 5.41) is 25.4. The van der Waals surface area contributed by atoms with Gasteiger partial charge in [0.25, 0.3) is 0 Å². The second-order valence-electron chi connectivity index (χ2n) is 5.27. The lowest BCUT2D eigenvalue weighted by Gasteiger charge is -2.13. The average molecular weight is 386 g/mol. The molecule has 0 aliphatic rings. The molecule has 0 aromatic rings. The summed E-state index contributed by atoms with van der Waals surface area (Å²) in [6.07, 6.45) is 0.0200. The SMILES string of the molecule is COC(C)COC(C)CO.OCCOCCOCCOCCOCCO. The first kappa shape index (κ1) is 27.9. The minimum atomic E-state index is -0.0856. The highest BCUT2D eigenvalue weighted by molar-refractivity contribution is 4.49. The van der Waals surface area contributed by atoms with Crippen molar-refractivity contribution >= 4 is 0 Å². The Kier molecular flexibility index (Phi) is 26.4. The van der Waals surface area contributed by atoms with Gasteiger partial charge in [-0.05, 0) is 13.8 Å². The molecule has 0 aromatic heterocycles. The number of aliphatic hydroxyl groups excluding tert-OH is 3. The number of hydrogen-bond donors (Lipinski definition) is 3. The first-order chi connectivity index (χ1) is 12.6. The molecule has 26 heavy (non-hydrogen) atoms. The van der Waals surface area contributed by atoms with E-state index < -0.39 is 0 Å². The van der Waals surface area contributed by atoms with E-state index in [0.717, 1.165) is 0 Å². The van der Waals surface area contributed by atoms with E-state index in [1.54, 1.807) is 7.11 Å². The highest BCUT2D eigenvalue weighted by atomic mass is 16.6. The zero-order chi connectivity index (χ0) is 19.9. The quantitative estimate of drug-likeness (QED) is 0.267. The van der Waals surface area contributed by atoms with Crippen LogP contribution in [0.2, 0.25) is 0 Å². The van der Waals surface area contributed by atoms with Crippen LogP contribution in [0, 0.1) is 0 Å². The van der Waals surface area contributed by atoms with Crippen LogP contribution in [-0.4, -0.2) is 114 Å².